The standard InChI is InChI=1S/C12H20N2O2S2/c1-9-12(17-10(2)13-9)8-14(3)11-4-6-18(15,16)7-5-11/h11H,4-8H2,1-3H3. The van der Waals surface area contributed by atoms with E-state index < -0.39 is 9.84 Å². The molecule has 1 saturated heterocycles. The van der Waals surface area contributed by atoms with Crippen LogP contribution in [0.3, 0.4) is 0 Å². The highest BCUT2D eigenvalue weighted by molar-refractivity contribution is 7.91. The lowest BCUT2D eigenvalue weighted by molar-refractivity contribution is 0.220. The molecule has 102 valence electrons. The van der Waals surface area contributed by atoms with Gasteiger partial charge >= 0.3 is 0 Å². The molecule has 0 amide bonds. The van der Waals surface area contributed by atoms with Crippen LogP contribution in [0.15, 0.2) is 0 Å². The Morgan fingerprint density at radius 3 is 2.44 bits per heavy atom. The van der Waals surface area contributed by atoms with E-state index in [1.807, 2.05) is 13.8 Å². The van der Waals surface area contributed by atoms with Crippen molar-refractivity contribution < 1.29 is 8.42 Å². The van der Waals surface area contributed by atoms with E-state index in [9.17, 15) is 8.42 Å². The summed E-state index contributed by atoms with van der Waals surface area (Å²) in [7, 11) is -0.682. The lowest BCUT2D eigenvalue weighted by atomic mass is 10.1. The molecule has 1 aromatic heterocycles. The van der Waals surface area contributed by atoms with E-state index >= 15 is 0 Å². The Hall–Kier alpha value is -0.460. The number of aromatic nitrogens is 1. The monoisotopic (exact) mass is 288 g/mol. The van der Waals surface area contributed by atoms with Crippen molar-refractivity contribution in [3.05, 3.63) is 15.6 Å². The Morgan fingerprint density at radius 2 is 1.94 bits per heavy atom. The van der Waals surface area contributed by atoms with Crippen molar-refractivity contribution in [2.45, 2.75) is 39.3 Å². The Balaban J connectivity index is 1.97. The lowest BCUT2D eigenvalue weighted by Crippen LogP contribution is -2.38. The van der Waals surface area contributed by atoms with Crippen LogP contribution in [0.25, 0.3) is 0 Å². The summed E-state index contributed by atoms with van der Waals surface area (Å²) in [5.41, 5.74) is 1.10. The average Bonchev–Trinajstić information content (AvgIpc) is 2.57. The second-order valence-corrected chi connectivity index (χ2v) is 8.63. The summed E-state index contributed by atoms with van der Waals surface area (Å²) in [6, 6.07) is 0.385. The van der Waals surface area contributed by atoms with Gasteiger partial charge in [-0.15, -0.1) is 11.3 Å². The van der Waals surface area contributed by atoms with Gasteiger partial charge in [-0.1, -0.05) is 0 Å². The normalized spacial score (nSPS) is 20.4. The van der Waals surface area contributed by atoms with Crippen LogP contribution in [0.1, 0.15) is 28.4 Å². The molecule has 0 spiro atoms. The summed E-state index contributed by atoms with van der Waals surface area (Å²) in [4.78, 5) is 8.00. The van der Waals surface area contributed by atoms with Crippen molar-refractivity contribution in [2.24, 2.45) is 0 Å². The zero-order valence-corrected chi connectivity index (χ0v) is 12.8. The number of hydrogen-bond donors (Lipinski definition) is 0. The van der Waals surface area contributed by atoms with Crippen molar-refractivity contribution in [2.75, 3.05) is 18.6 Å². The van der Waals surface area contributed by atoms with Gasteiger partial charge in [0.2, 0.25) is 0 Å². The SMILES string of the molecule is Cc1nc(C)c(CN(C)C2CCS(=O)(=O)CC2)s1. The first-order chi connectivity index (χ1) is 8.37. The number of nitrogens with zero attached hydrogens (tertiary/aromatic N) is 2. The van der Waals surface area contributed by atoms with Gasteiger partial charge in [-0.25, -0.2) is 13.4 Å². The number of rotatable bonds is 3. The molecule has 1 aliphatic rings. The molecular weight excluding hydrogens is 268 g/mol. The minimum atomic E-state index is -2.76. The van der Waals surface area contributed by atoms with Gasteiger partial charge in [0.15, 0.2) is 0 Å². The molecule has 0 aromatic carbocycles. The van der Waals surface area contributed by atoms with Gasteiger partial charge in [-0.05, 0) is 33.7 Å². The number of thiazole rings is 1. The highest BCUT2D eigenvalue weighted by Gasteiger charge is 2.26. The van der Waals surface area contributed by atoms with Gasteiger partial charge in [0, 0.05) is 17.5 Å². The molecule has 0 saturated carbocycles. The van der Waals surface area contributed by atoms with E-state index in [1.54, 1.807) is 11.3 Å². The quantitative estimate of drug-likeness (QED) is 0.850. The summed E-state index contributed by atoms with van der Waals surface area (Å²) >= 11 is 1.74. The number of aryl methyl sites for hydroxylation is 2. The zero-order valence-electron chi connectivity index (χ0n) is 11.1. The maximum Gasteiger partial charge on any atom is 0.150 e. The van der Waals surface area contributed by atoms with E-state index in [4.69, 9.17) is 0 Å². The number of sulfone groups is 1. The molecule has 0 radical (unpaired) electrons. The first-order valence-electron chi connectivity index (χ1n) is 6.21. The second-order valence-electron chi connectivity index (χ2n) is 5.04. The molecule has 0 aliphatic carbocycles. The first kappa shape index (κ1) is 14.0. The largest absolute Gasteiger partial charge is 0.298 e. The third-order valence-corrected chi connectivity index (χ3v) is 6.31. The molecule has 2 heterocycles. The average molecular weight is 288 g/mol. The van der Waals surface area contributed by atoms with Crippen molar-refractivity contribution in [1.82, 2.24) is 9.88 Å². The molecule has 4 nitrogen and oxygen atoms in total. The van der Waals surface area contributed by atoms with Crippen molar-refractivity contribution in [1.29, 1.82) is 0 Å². The topological polar surface area (TPSA) is 50.3 Å². The molecule has 0 unspecified atom stereocenters. The van der Waals surface area contributed by atoms with Crippen molar-refractivity contribution in [3.63, 3.8) is 0 Å². The molecule has 6 heteroatoms. The van der Waals surface area contributed by atoms with Crippen molar-refractivity contribution in [3.8, 4) is 0 Å². The van der Waals surface area contributed by atoms with Crippen LogP contribution in [0.5, 0.6) is 0 Å². The molecule has 0 atom stereocenters. The molecule has 0 N–H and O–H groups in total. The Labute approximate surface area is 113 Å². The molecule has 2 rings (SSSR count). The molecule has 1 aliphatic heterocycles. The Bertz CT molecular complexity index is 508. The predicted molar refractivity (Wildman–Crippen MR) is 74.7 cm³/mol. The van der Waals surface area contributed by atoms with Crippen LogP contribution in [-0.2, 0) is 16.4 Å². The Morgan fingerprint density at radius 1 is 1.33 bits per heavy atom. The molecule has 1 fully saturated rings. The van der Waals surface area contributed by atoms with E-state index in [-0.39, 0.29) is 0 Å². The Kier molecular flexibility index (Phi) is 4.08. The van der Waals surface area contributed by atoms with Gasteiger partial charge < -0.3 is 0 Å². The third kappa shape index (κ3) is 3.30. The molecule has 18 heavy (non-hydrogen) atoms. The van der Waals surface area contributed by atoms with Gasteiger partial charge in [0.1, 0.15) is 9.84 Å². The third-order valence-electron chi connectivity index (χ3n) is 3.54. The van der Waals surface area contributed by atoms with Gasteiger partial charge in [0.25, 0.3) is 0 Å². The zero-order chi connectivity index (χ0) is 13.3. The van der Waals surface area contributed by atoms with Gasteiger partial charge in [0.05, 0.1) is 22.2 Å². The van der Waals surface area contributed by atoms with Crippen LogP contribution >= 0.6 is 11.3 Å². The van der Waals surface area contributed by atoms with E-state index in [2.05, 4.69) is 16.9 Å². The molecule has 0 bridgehead atoms. The fraction of sp³-hybridized carbons (Fsp3) is 0.750. The highest BCUT2D eigenvalue weighted by Crippen LogP contribution is 2.23. The van der Waals surface area contributed by atoms with Crippen LogP contribution in [0.4, 0.5) is 0 Å². The lowest BCUT2D eigenvalue weighted by Gasteiger charge is -2.30. The number of hydrogen-bond acceptors (Lipinski definition) is 5. The van der Waals surface area contributed by atoms with Gasteiger partial charge in [-0.3, -0.25) is 4.90 Å². The first-order valence-corrected chi connectivity index (χ1v) is 8.85. The summed E-state index contributed by atoms with van der Waals surface area (Å²) in [5.74, 6) is 0.672. The van der Waals surface area contributed by atoms with Gasteiger partial charge in [-0.2, -0.15) is 0 Å². The minimum absolute atomic E-state index is 0.336. The van der Waals surface area contributed by atoms with E-state index in [0.29, 0.717) is 17.5 Å². The fourth-order valence-electron chi connectivity index (χ4n) is 2.39. The smallest absolute Gasteiger partial charge is 0.150 e. The second kappa shape index (κ2) is 5.27. The van der Waals surface area contributed by atoms with E-state index in [1.165, 1.54) is 4.88 Å². The summed E-state index contributed by atoms with van der Waals surface area (Å²) in [5, 5.41) is 1.10. The summed E-state index contributed by atoms with van der Waals surface area (Å²) in [6.07, 6.45) is 1.52. The van der Waals surface area contributed by atoms with Crippen LogP contribution in [0, 0.1) is 13.8 Å². The minimum Gasteiger partial charge on any atom is -0.298 e. The maximum atomic E-state index is 11.4. The molecule has 1 aromatic rings. The molecular formula is C12H20N2O2S2. The fourth-order valence-corrected chi connectivity index (χ4v) is 4.86. The predicted octanol–water partition coefficient (Wildman–Crippen LogP) is 1.77. The van der Waals surface area contributed by atoms with Crippen LogP contribution in [0.2, 0.25) is 0 Å². The van der Waals surface area contributed by atoms with E-state index in [0.717, 1.165) is 30.1 Å². The van der Waals surface area contributed by atoms with Crippen molar-refractivity contribution >= 4 is 21.2 Å². The maximum absolute atomic E-state index is 11.4. The van der Waals surface area contributed by atoms with Crippen LogP contribution < -0.4 is 0 Å². The highest BCUT2D eigenvalue weighted by atomic mass is 32.2. The summed E-state index contributed by atoms with van der Waals surface area (Å²) in [6.45, 7) is 4.94. The van der Waals surface area contributed by atoms with Crippen LogP contribution in [-0.4, -0.2) is 42.9 Å². The summed E-state index contributed by atoms with van der Waals surface area (Å²) < 4.78 is 22.8.